The van der Waals surface area contributed by atoms with Crippen LogP contribution in [-0.4, -0.2) is 31.8 Å². The zero-order chi connectivity index (χ0) is 18.5. The van der Waals surface area contributed by atoms with Gasteiger partial charge in [-0.2, -0.15) is 9.90 Å². The van der Waals surface area contributed by atoms with E-state index < -0.39 is 0 Å². The number of carbonyl (C=O) groups excluding carboxylic acids is 1. The van der Waals surface area contributed by atoms with Gasteiger partial charge in [0.2, 0.25) is 5.82 Å². The highest BCUT2D eigenvalue weighted by atomic mass is 16.2. The van der Waals surface area contributed by atoms with Crippen molar-refractivity contribution >= 4 is 11.6 Å². The molecular formula is C19H22N6O. The van der Waals surface area contributed by atoms with Gasteiger partial charge in [0.15, 0.2) is 0 Å². The van der Waals surface area contributed by atoms with Gasteiger partial charge in [-0.3, -0.25) is 4.79 Å². The first-order valence-corrected chi connectivity index (χ1v) is 8.54. The standard InChI is InChI=1S/C19H22N6O/c1-13(2)16-10-9-14(3)17(11-16)20-21-18(26)12-25-23-19(22-24-25)15-7-5-4-6-8-15/h4-9,16H,1,10-12H2,2-3H3,(H,21,26)/b20-17-/t16-/m1/s1. The smallest absolute Gasteiger partial charge is 0.263 e. The van der Waals surface area contributed by atoms with E-state index in [0.717, 1.165) is 35.3 Å². The largest absolute Gasteiger partial charge is 0.271 e. The fourth-order valence-corrected chi connectivity index (χ4v) is 2.73. The second kappa shape index (κ2) is 7.86. The van der Waals surface area contributed by atoms with Crippen LogP contribution in [0, 0.1) is 5.92 Å². The Morgan fingerprint density at radius 3 is 2.88 bits per heavy atom. The number of benzene rings is 1. The highest BCUT2D eigenvalue weighted by Gasteiger charge is 2.19. The Morgan fingerprint density at radius 1 is 1.38 bits per heavy atom. The van der Waals surface area contributed by atoms with Crippen molar-refractivity contribution in [1.29, 1.82) is 0 Å². The predicted octanol–water partition coefficient (Wildman–Crippen LogP) is 2.74. The molecule has 3 rings (SSSR count). The molecule has 26 heavy (non-hydrogen) atoms. The van der Waals surface area contributed by atoms with Gasteiger partial charge in [-0.05, 0) is 43.4 Å². The quantitative estimate of drug-likeness (QED) is 0.664. The third-order valence-corrected chi connectivity index (χ3v) is 4.39. The van der Waals surface area contributed by atoms with Crippen molar-refractivity contribution in [2.45, 2.75) is 33.2 Å². The zero-order valence-corrected chi connectivity index (χ0v) is 15.0. The zero-order valence-electron chi connectivity index (χ0n) is 15.0. The Morgan fingerprint density at radius 2 is 2.15 bits per heavy atom. The third kappa shape index (κ3) is 4.30. The van der Waals surface area contributed by atoms with Crippen molar-refractivity contribution in [2.24, 2.45) is 11.0 Å². The van der Waals surface area contributed by atoms with Gasteiger partial charge in [0.05, 0.1) is 5.71 Å². The number of nitrogens with one attached hydrogen (secondary N) is 1. The van der Waals surface area contributed by atoms with Gasteiger partial charge in [0, 0.05) is 5.56 Å². The first-order valence-electron chi connectivity index (χ1n) is 8.54. The number of hydrazone groups is 1. The number of amides is 1. The molecule has 0 spiro atoms. The summed E-state index contributed by atoms with van der Waals surface area (Å²) in [6, 6.07) is 9.50. The summed E-state index contributed by atoms with van der Waals surface area (Å²) in [6.07, 6.45) is 3.90. The minimum Gasteiger partial charge on any atom is -0.271 e. The molecule has 0 unspecified atom stereocenters. The molecule has 0 bridgehead atoms. The molecule has 1 atom stereocenters. The number of rotatable bonds is 5. The molecule has 0 saturated heterocycles. The molecule has 0 radical (unpaired) electrons. The van der Waals surface area contributed by atoms with E-state index in [1.165, 1.54) is 4.80 Å². The molecule has 1 aromatic carbocycles. The Hall–Kier alpha value is -3.09. The SMILES string of the molecule is C=C(C)[C@@H]1CC=C(C)/C(=N\NC(=O)Cn2nnc(-c3ccccc3)n2)C1. The van der Waals surface area contributed by atoms with Crippen molar-refractivity contribution in [1.82, 2.24) is 25.6 Å². The molecule has 1 aromatic heterocycles. The van der Waals surface area contributed by atoms with E-state index in [4.69, 9.17) is 0 Å². The summed E-state index contributed by atoms with van der Waals surface area (Å²) in [6.45, 7) is 8.01. The molecule has 0 aliphatic heterocycles. The number of aromatic nitrogens is 4. The third-order valence-electron chi connectivity index (χ3n) is 4.39. The van der Waals surface area contributed by atoms with Gasteiger partial charge in [0.1, 0.15) is 6.54 Å². The van der Waals surface area contributed by atoms with Crippen LogP contribution >= 0.6 is 0 Å². The van der Waals surface area contributed by atoms with E-state index in [-0.39, 0.29) is 12.5 Å². The summed E-state index contributed by atoms with van der Waals surface area (Å²) in [5, 5.41) is 16.4. The fraction of sp³-hybridized carbons (Fsp3) is 0.316. The number of hydrogen-bond acceptors (Lipinski definition) is 5. The van der Waals surface area contributed by atoms with E-state index in [1.54, 1.807) is 0 Å². The minimum atomic E-state index is -0.292. The lowest BCUT2D eigenvalue weighted by Crippen LogP contribution is -2.27. The monoisotopic (exact) mass is 350 g/mol. The predicted molar refractivity (Wildman–Crippen MR) is 100 cm³/mol. The van der Waals surface area contributed by atoms with Crippen LogP contribution in [0.15, 0.2) is 59.2 Å². The van der Waals surface area contributed by atoms with Gasteiger partial charge in [-0.15, -0.1) is 10.2 Å². The van der Waals surface area contributed by atoms with Crippen LogP contribution in [-0.2, 0) is 11.3 Å². The maximum atomic E-state index is 12.1. The fourth-order valence-electron chi connectivity index (χ4n) is 2.73. The first kappa shape index (κ1) is 17.7. The molecule has 0 fully saturated rings. The van der Waals surface area contributed by atoms with Crippen LogP contribution in [0.3, 0.4) is 0 Å². The van der Waals surface area contributed by atoms with Crippen LogP contribution in [0.1, 0.15) is 26.7 Å². The Labute approximate surface area is 152 Å². The molecule has 0 saturated carbocycles. The van der Waals surface area contributed by atoms with Gasteiger partial charge in [-0.1, -0.05) is 48.6 Å². The molecule has 1 aliphatic carbocycles. The average Bonchev–Trinajstić information content (AvgIpc) is 3.10. The first-order chi connectivity index (χ1) is 12.5. The number of hydrogen-bond donors (Lipinski definition) is 1. The number of carbonyl (C=O) groups is 1. The van der Waals surface area contributed by atoms with Crippen LogP contribution in [0.5, 0.6) is 0 Å². The van der Waals surface area contributed by atoms with Crippen molar-refractivity contribution < 1.29 is 4.79 Å². The lowest BCUT2D eigenvalue weighted by atomic mass is 9.85. The number of nitrogens with zero attached hydrogens (tertiary/aromatic N) is 5. The Kier molecular flexibility index (Phi) is 5.36. The van der Waals surface area contributed by atoms with Crippen LogP contribution < -0.4 is 5.43 Å². The Bertz CT molecular complexity index is 865. The van der Waals surface area contributed by atoms with Crippen LogP contribution in [0.4, 0.5) is 0 Å². The lowest BCUT2D eigenvalue weighted by Gasteiger charge is -2.22. The number of tetrazole rings is 1. The second-order valence-electron chi connectivity index (χ2n) is 6.47. The van der Waals surface area contributed by atoms with Crippen molar-refractivity contribution in [3.63, 3.8) is 0 Å². The molecule has 1 heterocycles. The summed E-state index contributed by atoms with van der Waals surface area (Å²) in [4.78, 5) is 13.4. The van der Waals surface area contributed by atoms with Gasteiger partial charge in [0.25, 0.3) is 5.91 Å². The molecule has 1 amide bonds. The average molecular weight is 350 g/mol. The summed E-state index contributed by atoms with van der Waals surface area (Å²) in [5.74, 6) is 0.569. The molecule has 2 aromatic rings. The van der Waals surface area contributed by atoms with Gasteiger partial charge >= 0.3 is 0 Å². The van der Waals surface area contributed by atoms with E-state index in [1.807, 2.05) is 44.2 Å². The molecule has 1 N–H and O–H groups in total. The highest BCUT2D eigenvalue weighted by molar-refractivity contribution is 6.01. The molecule has 134 valence electrons. The second-order valence-corrected chi connectivity index (χ2v) is 6.47. The summed E-state index contributed by atoms with van der Waals surface area (Å²) in [5.41, 5.74) is 6.55. The van der Waals surface area contributed by atoms with E-state index in [0.29, 0.717) is 11.7 Å². The van der Waals surface area contributed by atoms with E-state index in [9.17, 15) is 4.79 Å². The van der Waals surface area contributed by atoms with Crippen molar-refractivity contribution in [3.8, 4) is 11.4 Å². The topological polar surface area (TPSA) is 85.1 Å². The van der Waals surface area contributed by atoms with Crippen molar-refractivity contribution in [3.05, 3.63) is 54.1 Å². The minimum absolute atomic E-state index is 0.0384. The molecule has 7 heteroatoms. The van der Waals surface area contributed by atoms with Gasteiger partial charge in [-0.25, -0.2) is 5.43 Å². The van der Waals surface area contributed by atoms with E-state index in [2.05, 4.69) is 38.6 Å². The van der Waals surface area contributed by atoms with Crippen LogP contribution in [0.2, 0.25) is 0 Å². The summed E-state index contributed by atoms with van der Waals surface area (Å²) >= 11 is 0. The summed E-state index contributed by atoms with van der Waals surface area (Å²) in [7, 11) is 0. The maximum absolute atomic E-state index is 12.1. The van der Waals surface area contributed by atoms with Crippen LogP contribution in [0.25, 0.3) is 11.4 Å². The maximum Gasteiger partial charge on any atom is 0.263 e. The molecule has 1 aliphatic rings. The Balaban J connectivity index is 1.61. The van der Waals surface area contributed by atoms with Gasteiger partial charge < -0.3 is 0 Å². The molecular weight excluding hydrogens is 328 g/mol. The molecule has 7 nitrogen and oxygen atoms in total. The normalized spacial score (nSPS) is 18.5. The van der Waals surface area contributed by atoms with Crippen molar-refractivity contribution in [2.75, 3.05) is 0 Å². The number of allylic oxidation sites excluding steroid dienone is 3. The lowest BCUT2D eigenvalue weighted by molar-refractivity contribution is -0.122. The highest BCUT2D eigenvalue weighted by Crippen LogP contribution is 2.26. The summed E-state index contributed by atoms with van der Waals surface area (Å²) < 4.78 is 0. The van der Waals surface area contributed by atoms with E-state index >= 15 is 0 Å².